The fourth-order valence-electron chi connectivity index (χ4n) is 4.69. The van der Waals surface area contributed by atoms with Gasteiger partial charge in [0.05, 0.1) is 5.02 Å². The third-order valence-electron chi connectivity index (χ3n) is 6.88. The van der Waals surface area contributed by atoms with Crippen LogP contribution in [0.5, 0.6) is 0 Å². The van der Waals surface area contributed by atoms with Crippen molar-refractivity contribution in [3.8, 4) is 0 Å². The quantitative estimate of drug-likeness (QED) is 0.177. The SMILES string of the molecule is CCCCCCc1ccc(CCc2ccc3c(F)c(CCc4ccc(Cl)c(F)c4)ccc3c2)c(F)c1. The van der Waals surface area contributed by atoms with Crippen LogP contribution in [-0.2, 0) is 32.1 Å². The summed E-state index contributed by atoms with van der Waals surface area (Å²) in [6, 6.07) is 19.8. The molecule has 0 N–H and O–H groups in total. The lowest BCUT2D eigenvalue weighted by Crippen LogP contribution is -1.98. The van der Waals surface area contributed by atoms with Gasteiger partial charge >= 0.3 is 0 Å². The van der Waals surface area contributed by atoms with Gasteiger partial charge in [-0.15, -0.1) is 0 Å². The zero-order chi connectivity index (χ0) is 25.5. The van der Waals surface area contributed by atoms with Gasteiger partial charge in [-0.25, -0.2) is 13.2 Å². The Balaban J connectivity index is 1.38. The first-order valence-corrected chi connectivity index (χ1v) is 13.2. The summed E-state index contributed by atoms with van der Waals surface area (Å²) in [5.74, 6) is -0.840. The van der Waals surface area contributed by atoms with Gasteiger partial charge in [0.1, 0.15) is 17.5 Å². The first kappa shape index (κ1) is 26.3. The molecule has 0 unspecified atom stereocenters. The fraction of sp³-hybridized carbons (Fsp3) is 0.312. The third-order valence-corrected chi connectivity index (χ3v) is 7.19. The number of benzene rings is 4. The molecule has 0 aliphatic rings. The maximum atomic E-state index is 15.2. The van der Waals surface area contributed by atoms with Crippen LogP contribution >= 0.6 is 11.6 Å². The van der Waals surface area contributed by atoms with E-state index in [1.54, 1.807) is 24.3 Å². The van der Waals surface area contributed by atoms with Crippen LogP contribution in [0.25, 0.3) is 10.8 Å². The predicted molar refractivity (Wildman–Crippen MR) is 144 cm³/mol. The highest BCUT2D eigenvalue weighted by Gasteiger charge is 2.10. The summed E-state index contributed by atoms with van der Waals surface area (Å²) < 4.78 is 43.5. The number of halogens is 4. The number of fused-ring (bicyclic) bond motifs is 1. The van der Waals surface area contributed by atoms with Crippen molar-refractivity contribution in [2.24, 2.45) is 0 Å². The van der Waals surface area contributed by atoms with Crippen molar-refractivity contribution in [1.29, 1.82) is 0 Å². The van der Waals surface area contributed by atoms with E-state index in [4.69, 9.17) is 11.6 Å². The van der Waals surface area contributed by atoms with E-state index >= 15 is 4.39 Å². The smallest absolute Gasteiger partial charge is 0.142 e. The molecule has 4 rings (SSSR count). The first-order chi connectivity index (χ1) is 17.4. The summed E-state index contributed by atoms with van der Waals surface area (Å²) in [6.07, 6.45) is 7.92. The van der Waals surface area contributed by atoms with Crippen molar-refractivity contribution >= 4 is 22.4 Å². The molecular formula is C32H32ClF3. The largest absolute Gasteiger partial charge is 0.207 e. The predicted octanol–water partition coefficient (Wildman–Crippen LogP) is 9.60. The number of hydrogen-bond acceptors (Lipinski definition) is 0. The van der Waals surface area contributed by atoms with E-state index in [-0.39, 0.29) is 16.7 Å². The average molecular weight is 509 g/mol. The van der Waals surface area contributed by atoms with Gasteiger partial charge in [0.25, 0.3) is 0 Å². The molecule has 4 aromatic rings. The van der Waals surface area contributed by atoms with Crippen LogP contribution < -0.4 is 0 Å². The van der Waals surface area contributed by atoms with Gasteiger partial charge in [0.2, 0.25) is 0 Å². The van der Waals surface area contributed by atoms with E-state index in [0.29, 0.717) is 42.2 Å². The molecule has 4 heteroatoms. The molecule has 0 aromatic heterocycles. The molecule has 0 bridgehead atoms. The van der Waals surface area contributed by atoms with Crippen molar-refractivity contribution in [2.45, 2.75) is 64.7 Å². The first-order valence-electron chi connectivity index (χ1n) is 12.9. The maximum absolute atomic E-state index is 15.2. The Morgan fingerprint density at radius 1 is 0.583 bits per heavy atom. The van der Waals surface area contributed by atoms with Gasteiger partial charge in [-0.05, 0) is 89.9 Å². The third kappa shape index (κ3) is 6.70. The number of unbranched alkanes of at least 4 members (excludes halogenated alkanes) is 3. The van der Waals surface area contributed by atoms with Gasteiger partial charge in [-0.3, -0.25) is 0 Å². The van der Waals surface area contributed by atoms with Crippen molar-refractivity contribution in [3.05, 3.63) is 117 Å². The van der Waals surface area contributed by atoms with Gasteiger partial charge in [-0.1, -0.05) is 86.3 Å². The van der Waals surface area contributed by atoms with Gasteiger partial charge in [0, 0.05) is 5.39 Å². The Bertz CT molecular complexity index is 1330. The molecule has 188 valence electrons. The molecule has 0 heterocycles. The maximum Gasteiger partial charge on any atom is 0.142 e. The van der Waals surface area contributed by atoms with Crippen LogP contribution in [-0.4, -0.2) is 0 Å². The molecule has 0 saturated carbocycles. The summed E-state index contributed by atoms with van der Waals surface area (Å²) in [7, 11) is 0. The molecule has 0 saturated heterocycles. The molecule has 0 amide bonds. The highest BCUT2D eigenvalue weighted by atomic mass is 35.5. The van der Waals surface area contributed by atoms with Crippen LogP contribution in [0.2, 0.25) is 5.02 Å². The average Bonchev–Trinajstić information content (AvgIpc) is 2.87. The number of rotatable bonds is 11. The minimum Gasteiger partial charge on any atom is -0.207 e. The Morgan fingerprint density at radius 2 is 1.22 bits per heavy atom. The molecule has 0 nitrogen and oxygen atoms in total. The topological polar surface area (TPSA) is 0 Å². The van der Waals surface area contributed by atoms with Crippen molar-refractivity contribution in [3.63, 3.8) is 0 Å². The number of aryl methyl sites for hydroxylation is 5. The summed E-state index contributed by atoms with van der Waals surface area (Å²) in [5.41, 5.74) is 4.21. The van der Waals surface area contributed by atoms with Crippen LogP contribution in [0.1, 0.15) is 60.4 Å². The Hall–Kier alpha value is -2.78. The normalized spacial score (nSPS) is 11.4. The van der Waals surface area contributed by atoms with E-state index in [9.17, 15) is 8.78 Å². The monoisotopic (exact) mass is 508 g/mol. The molecular weight excluding hydrogens is 477 g/mol. The van der Waals surface area contributed by atoms with Crippen LogP contribution in [0.15, 0.2) is 66.7 Å². The summed E-state index contributed by atoms with van der Waals surface area (Å²) in [6.45, 7) is 2.19. The van der Waals surface area contributed by atoms with E-state index in [2.05, 4.69) is 6.92 Å². The van der Waals surface area contributed by atoms with Crippen LogP contribution in [0.3, 0.4) is 0 Å². The second kappa shape index (κ2) is 12.5. The zero-order valence-corrected chi connectivity index (χ0v) is 21.5. The van der Waals surface area contributed by atoms with E-state index in [1.807, 2.05) is 30.3 Å². The minimum atomic E-state index is -0.459. The molecule has 36 heavy (non-hydrogen) atoms. The van der Waals surface area contributed by atoms with Crippen molar-refractivity contribution < 1.29 is 13.2 Å². The lowest BCUT2D eigenvalue weighted by molar-refractivity contribution is 0.603. The Labute approximate surface area is 217 Å². The van der Waals surface area contributed by atoms with Gasteiger partial charge < -0.3 is 0 Å². The van der Waals surface area contributed by atoms with Crippen molar-refractivity contribution in [2.75, 3.05) is 0 Å². The lowest BCUT2D eigenvalue weighted by Gasteiger charge is -2.10. The molecule has 0 aliphatic carbocycles. The van der Waals surface area contributed by atoms with Crippen LogP contribution in [0.4, 0.5) is 13.2 Å². The molecule has 0 aliphatic heterocycles. The highest BCUT2D eigenvalue weighted by molar-refractivity contribution is 6.30. The summed E-state index contributed by atoms with van der Waals surface area (Å²) >= 11 is 5.74. The summed E-state index contributed by atoms with van der Waals surface area (Å²) in [5, 5.41) is 1.48. The minimum absolute atomic E-state index is 0.0870. The van der Waals surface area contributed by atoms with E-state index < -0.39 is 5.82 Å². The lowest BCUT2D eigenvalue weighted by atomic mass is 9.96. The Kier molecular flexibility index (Phi) is 9.09. The molecule has 0 fully saturated rings. The van der Waals surface area contributed by atoms with Crippen molar-refractivity contribution in [1.82, 2.24) is 0 Å². The van der Waals surface area contributed by atoms with Gasteiger partial charge in [0.15, 0.2) is 0 Å². The van der Waals surface area contributed by atoms with E-state index in [0.717, 1.165) is 34.9 Å². The van der Waals surface area contributed by atoms with Crippen LogP contribution in [0, 0.1) is 17.5 Å². The standard InChI is InChI=1S/C32H32ClF3/c1-2-3-4-5-6-22-7-12-25(30(34)20-22)13-8-23-10-17-28-27(19-23)16-15-26(32(28)36)14-9-24-11-18-29(33)31(35)21-24/h7,10-12,15-21H,2-6,8-9,13-14H2,1H3. The van der Waals surface area contributed by atoms with Gasteiger partial charge in [-0.2, -0.15) is 0 Å². The molecule has 0 spiro atoms. The highest BCUT2D eigenvalue weighted by Crippen LogP contribution is 2.25. The van der Waals surface area contributed by atoms with E-state index in [1.165, 1.54) is 31.4 Å². The molecule has 0 atom stereocenters. The fourth-order valence-corrected chi connectivity index (χ4v) is 4.81. The molecule has 0 radical (unpaired) electrons. The second-order valence-electron chi connectivity index (χ2n) is 9.58. The Morgan fingerprint density at radius 3 is 1.97 bits per heavy atom. The molecule has 4 aromatic carbocycles. The second-order valence-corrected chi connectivity index (χ2v) is 9.99. The zero-order valence-electron chi connectivity index (χ0n) is 20.7. The summed E-state index contributed by atoms with van der Waals surface area (Å²) in [4.78, 5) is 0. The number of hydrogen-bond donors (Lipinski definition) is 0.